The maximum Gasteiger partial charge on any atom is 0.170 e. The first-order valence-electron chi connectivity index (χ1n) is 5.32. The molecule has 0 saturated heterocycles. The molecule has 0 amide bonds. The highest BCUT2D eigenvalue weighted by Gasteiger charge is 2.44. The number of benzene rings is 1. The van der Waals surface area contributed by atoms with Gasteiger partial charge in [-0.2, -0.15) is 0 Å². The summed E-state index contributed by atoms with van der Waals surface area (Å²) in [5.41, 5.74) is 9.13. The fourth-order valence-corrected chi connectivity index (χ4v) is 2.24. The van der Waals surface area contributed by atoms with Gasteiger partial charge in [-0.15, -0.1) is 0 Å². The predicted molar refractivity (Wildman–Crippen MR) is 58.7 cm³/mol. The summed E-state index contributed by atoms with van der Waals surface area (Å²) in [6, 6.07) is 6.24. The van der Waals surface area contributed by atoms with Crippen molar-refractivity contribution in [3.8, 4) is 0 Å². The number of hydrogen-bond donors (Lipinski definition) is 1. The summed E-state index contributed by atoms with van der Waals surface area (Å²) in [4.78, 5) is 0. The molecular formula is C12H14N2O. The largest absolute Gasteiger partial charge is 0.356 e. The van der Waals surface area contributed by atoms with Crippen molar-refractivity contribution in [2.45, 2.75) is 25.2 Å². The number of para-hydroxylation sites is 1. The van der Waals surface area contributed by atoms with Crippen molar-refractivity contribution in [1.82, 2.24) is 5.16 Å². The van der Waals surface area contributed by atoms with Crippen LogP contribution in [-0.2, 0) is 5.41 Å². The minimum Gasteiger partial charge on any atom is -0.356 e. The summed E-state index contributed by atoms with van der Waals surface area (Å²) in [6.07, 6.45) is 2.34. The van der Waals surface area contributed by atoms with E-state index < -0.39 is 0 Å². The SMILES string of the molecule is Cc1noc2c(C3(CN)CC3)cccc12. The molecule has 0 aliphatic heterocycles. The fourth-order valence-electron chi connectivity index (χ4n) is 2.24. The molecule has 1 saturated carbocycles. The van der Waals surface area contributed by atoms with Gasteiger partial charge in [0.2, 0.25) is 0 Å². The molecule has 1 heterocycles. The van der Waals surface area contributed by atoms with E-state index in [0.29, 0.717) is 6.54 Å². The third-order valence-electron chi connectivity index (χ3n) is 3.49. The van der Waals surface area contributed by atoms with E-state index in [2.05, 4.69) is 23.4 Å². The minimum atomic E-state index is 0.172. The van der Waals surface area contributed by atoms with Crippen LogP contribution in [0.4, 0.5) is 0 Å². The zero-order valence-electron chi connectivity index (χ0n) is 8.79. The van der Waals surface area contributed by atoms with E-state index in [9.17, 15) is 0 Å². The fraction of sp³-hybridized carbons (Fsp3) is 0.417. The number of nitrogens with two attached hydrogens (primary N) is 1. The Balaban J connectivity index is 2.27. The average molecular weight is 202 g/mol. The van der Waals surface area contributed by atoms with Crippen molar-refractivity contribution in [3.05, 3.63) is 29.5 Å². The van der Waals surface area contributed by atoms with Crippen LogP contribution in [0.3, 0.4) is 0 Å². The maximum atomic E-state index is 5.84. The number of nitrogens with zero attached hydrogens (tertiary/aromatic N) is 1. The van der Waals surface area contributed by atoms with Crippen molar-refractivity contribution < 1.29 is 4.52 Å². The van der Waals surface area contributed by atoms with Crippen LogP contribution in [0, 0.1) is 6.92 Å². The Labute approximate surface area is 88.2 Å². The van der Waals surface area contributed by atoms with Crippen LogP contribution in [-0.4, -0.2) is 11.7 Å². The van der Waals surface area contributed by atoms with Crippen molar-refractivity contribution >= 4 is 11.0 Å². The summed E-state index contributed by atoms with van der Waals surface area (Å²) in [7, 11) is 0. The molecule has 1 aromatic heterocycles. The smallest absolute Gasteiger partial charge is 0.170 e. The summed E-state index contributed by atoms with van der Waals surface area (Å²) < 4.78 is 5.40. The van der Waals surface area contributed by atoms with Gasteiger partial charge in [0.15, 0.2) is 5.58 Å². The second kappa shape index (κ2) is 2.83. The molecule has 2 N–H and O–H groups in total. The summed E-state index contributed by atoms with van der Waals surface area (Å²) in [5.74, 6) is 0. The molecule has 78 valence electrons. The van der Waals surface area contributed by atoms with Crippen LogP contribution in [0.1, 0.15) is 24.1 Å². The molecule has 0 unspecified atom stereocenters. The van der Waals surface area contributed by atoms with E-state index in [-0.39, 0.29) is 5.41 Å². The third-order valence-corrected chi connectivity index (χ3v) is 3.49. The number of aromatic nitrogens is 1. The van der Waals surface area contributed by atoms with Crippen LogP contribution < -0.4 is 5.73 Å². The number of fused-ring (bicyclic) bond motifs is 1. The summed E-state index contributed by atoms with van der Waals surface area (Å²) >= 11 is 0. The first-order valence-corrected chi connectivity index (χ1v) is 5.32. The Bertz CT molecular complexity index is 511. The van der Waals surface area contributed by atoms with E-state index >= 15 is 0 Å². The van der Waals surface area contributed by atoms with Gasteiger partial charge in [-0.25, -0.2) is 0 Å². The molecule has 0 spiro atoms. The topological polar surface area (TPSA) is 52.0 Å². The van der Waals surface area contributed by atoms with Gasteiger partial charge in [0.05, 0.1) is 5.69 Å². The Morgan fingerprint density at radius 1 is 1.47 bits per heavy atom. The van der Waals surface area contributed by atoms with Crippen molar-refractivity contribution in [3.63, 3.8) is 0 Å². The molecule has 0 radical (unpaired) electrons. The Morgan fingerprint density at radius 3 is 2.93 bits per heavy atom. The number of rotatable bonds is 2. The van der Waals surface area contributed by atoms with E-state index in [4.69, 9.17) is 10.3 Å². The van der Waals surface area contributed by atoms with Gasteiger partial charge in [-0.05, 0) is 25.8 Å². The molecule has 2 aromatic rings. The maximum absolute atomic E-state index is 5.84. The van der Waals surface area contributed by atoms with E-state index in [1.165, 1.54) is 18.4 Å². The Kier molecular flexibility index (Phi) is 1.68. The lowest BCUT2D eigenvalue weighted by Crippen LogP contribution is -2.19. The molecule has 3 heteroatoms. The van der Waals surface area contributed by atoms with E-state index in [1.54, 1.807) is 0 Å². The molecule has 1 aliphatic carbocycles. The van der Waals surface area contributed by atoms with Gasteiger partial charge in [0, 0.05) is 22.9 Å². The lowest BCUT2D eigenvalue weighted by Gasteiger charge is -2.11. The zero-order valence-corrected chi connectivity index (χ0v) is 8.79. The minimum absolute atomic E-state index is 0.172. The van der Waals surface area contributed by atoms with Crippen molar-refractivity contribution in [2.75, 3.05) is 6.54 Å². The van der Waals surface area contributed by atoms with Crippen molar-refractivity contribution in [1.29, 1.82) is 0 Å². The molecule has 1 aliphatic rings. The molecule has 1 aromatic carbocycles. The molecule has 1 fully saturated rings. The molecule has 3 nitrogen and oxygen atoms in total. The highest BCUT2D eigenvalue weighted by atomic mass is 16.5. The second-order valence-corrected chi connectivity index (χ2v) is 4.43. The third kappa shape index (κ3) is 1.13. The molecule has 0 atom stereocenters. The van der Waals surface area contributed by atoms with Gasteiger partial charge >= 0.3 is 0 Å². The molecule has 3 rings (SSSR count). The van der Waals surface area contributed by atoms with Crippen LogP contribution in [0.15, 0.2) is 22.7 Å². The molecular weight excluding hydrogens is 188 g/mol. The number of aryl methyl sites for hydroxylation is 1. The van der Waals surface area contributed by atoms with Gasteiger partial charge in [-0.1, -0.05) is 17.3 Å². The lowest BCUT2D eigenvalue weighted by molar-refractivity contribution is 0.445. The quantitative estimate of drug-likeness (QED) is 0.811. The second-order valence-electron chi connectivity index (χ2n) is 4.43. The average Bonchev–Trinajstić information content (AvgIpc) is 2.98. The highest BCUT2D eigenvalue weighted by molar-refractivity contribution is 5.83. The number of hydrogen-bond acceptors (Lipinski definition) is 3. The van der Waals surface area contributed by atoms with Gasteiger partial charge in [0.1, 0.15) is 0 Å². The summed E-state index contributed by atoms with van der Waals surface area (Å²) in [5, 5.41) is 5.13. The first-order chi connectivity index (χ1) is 7.27. The predicted octanol–water partition coefficient (Wildman–Crippen LogP) is 2.13. The normalized spacial score (nSPS) is 18.3. The highest BCUT2D eigenvalue weighted by Crippen LogP contribution is 2.49. The van der Waals surface area contributed by atoms with Crippen LogP contribution in [0.2, 0.25) is 0 Å². The van der Waals surface area contributed by atoms with Crippen LogP contribution >= 0.6 is 0 Å². The zero-order chi connectivity index (χ0) is 10.5. The summed E-state index contributed by atoms with van der Waals surface area (Å²) in [6.45, 7) is 2.67. The molecule has 15 heavy (non-hydrogen) atoms. The van der Waals surface area contributed by atoms with Crippen LogP contribution in [0.25, 0.3) is 11.0 Å². The van der Waals surface area contributed by atoms with Crippen LogP contribution in [0.5, 0.6) is 0 Å². The molecule has 0 bridgehead atoms. The van der Waals surface area contributed by atoms with Crippen molar-refractivity contribution in [2.24, 2.45) is 5.73 Å². The first kappa shape index (κ1) is 8.92. The van der Waals surface area contributed by atoms with Gasteiger partial charge in [0.25, 0.3) is 0 Å². The van der Waals surface area contributed by atoms with Gasteiger partial charge < -0.3 is 10.3 Å². The van der Waals surface area contributed by atoms with E-state index in [0.717, 1.165) is 16.7 Å². The lowest BCUT2D eigenvalue weighted by atomic mass is 9.94. The van der Waals surface area contributed by atoms with Gasteiger partial charge in [-0.3, -0.25) is 0 Å². The van der Waals surface area contributed by atoms with E-state index in [1.807, 2.05) is 6.92 Å². The monoisotopic (exact) mass is 202 g/mol. The Hall–Kier alpha value is -1.35. The Morgan fingerprint density at radius 2 is 2.27 bits per heavy atom. The standard InChI is InChI=1S/C12H14N2O/c1-8-9-3-2-4-10(11(9)15-14-8)12(7-13)5-6-12/h2-4H,5-7,13H2,1H3.